The molecule has 0 heterocycles. The van der Waals surface area contributed by atoms with E-state index in [2.05, 4.69) is 0 Å². The van der Waals surface area contributed by atoms with Crippen molar-refractivity contribution in [1.82, 2.24) is 0 Å². The molecule has 0 aliphatic heterocycles. The van der Waals surface area contributed by atoms with Crippen LogP contribution in [-0.4, -0.2) is 23.9 Å². The Morgan fingerprint density at radius 1 is 1.46 bits per heavy atom. The molecule has 3 nitrogen and oxygen atoms in total. The predicted molar refractivity (Wildman–Crippen MR) is 50.8 cm³/mol. The Morgan fingerprint density at radius 3 is 2.85 bits per heavy atom. The van der Waals surface area contributed by atoms with Crippen molar-refractivity contribution in [2.45, 2.75) is 0 Å². The third kappa shape index (κ3) is 2.23. The van der Waals surface area contributed by atoms with Crippen molar-refractivity contribution in [2.24, 2.45) is 0 Å². The molecule has 0 bridgehead atoms. The molecule has 0 aliphatic carbocycles. The molecular weight excluding hydrogens is 168 g/mol. The average Bonchev–Trinajstić information content (AvgIpc) is 2.15. The van der Waals surface area contributed by atoms with Gasteiger partial charge in [-0.3, -0.25) is 0 Å². The van der Waals surface area contributed by atoms with Gasteiger partial charge in [0.05, 0.1) is 13.7 Å². The first-order valence-corrected chi connectivity index (χ1v) is 3.93. The molecule has 0 spiro atoms. The van der Waals surface area contributed by atoms with Crippen molar-refractivity contribution < 1.29 is 14.9 Å². The molecule has 0 saturated heterocycles. The van der Waals surface area contributed by atoms with Gasteiger partial charge in [-0.05, 0) is 6.07 Å². The molecule has 0 fully saturated rings. The van der Waals surface area contributed by atoms with E-state index in [1.54, 1.807) is 30.4 Å². The first-order chi connectivity index (χ1) is 6.29. The summed E-state index contributed by atoms with van der Waals surface area (Å²) in [5, 5.41) is 17.9. The van der Waals surface area contributed by atoms with E-state index in [1.807, 2.05) is 0 Å². The summed E-state index contributed by atoms with van der Waals surface area (Å²) < 4.78 is 4.99. The molecule has 0 saturated carbocycles. The van der Waals surface area contributed by atoms with Crippen LogP contribution in [0, 0.1) is 0 Å². The van der Waals surface area contributed by atoms with Crippen molar-refractivity contribution in [3.8, 4) is 11.5 Å². The van der Waals surface area contributed by atoms with Crippen molar-refractivity contribution >= 4 is 6.08 Å². The van der Waals surface area contributed by atoms with Gasteiger partial charge in [-0.15, -0.1) is 0 Å². The number of hydrogen-bond acceptors (Lipinski definition) is 3. The highest BCUT2D eigenvalue weighted by Gasteiger charge is 2.03. The lowest BCUT2D eigenvalue weighted by molar-refractivity contribution is 0.343. The Balaban J connectivity index is 3.05. The number of para-hydroxylation sites is 1. The van der Waals surface area contributed by atoms with E-state index in [9.17, 15) is 5.11 Å². The third-order valence-electron chi connectivity index (χ3n) is 1.63. The van der Waals surface area contributed by atoms with E-state index >= 15 is 0 Å². The Morgan fingerprint density at radius 2 is 2.23 bits per heavy atom. The second-order valence-electron chi connectivity index (χ2n) is 2.48. The van der Waals surface area contributed by atoms with Gasteiger partial charge in [0.1, 0.15) is 0 Å². The highest BCUT2D eigenvalue weighted by molar-refractivity contribution is 5.61. The fourth-order valence-electron chi connectivity index (χ4n) is 1.08. The van der Waals surface area contributed by atoms with E-state index < -0.39 is 0 Å². The second-order valence-corrected chi connectivity index (χ2v) is 2.48. The van der Waals surface area contributed by atoms with Gasteiger partial charge in [-0.2, -0.15) is 0 Å². The summed E-state index contributed by atoms with van der Waals surface area (Å²) in [6.45, 7) is -0.0290. The standard InChI is InChI=1S/C10H12O3/c1-13-10-8(5-3-7-11)4-2-6-9(10)12/h2-6,11-12H,7H2,1H3. The van der Waals surface area contributed by atoms with Gasteiger partial charge in [0.2, 0.25) is 0 Å². The quantitative estimate of drug-likeness (QED) is 0.739. The first-order valence-electron chi connectivity index (χ1n) is 3.93. The molecule has 70 valence electrons. The Kier molecular flexibility index (Phi) is 3.34. The number of phenols is 1. The molecule has 0 aliphatic rings. The second kappa shape index (κ2) is 4.52. The molecule has 1 rings (SSSR count). The van der Waals surface area contributed by atoms with E-state index in [0.29, 0.717) is 5.75 Å². The Hall–Kier alpha value is -1.48. The van der Waals surface area contributed by atoms with Crippen LogP contribution >= 0.6 is 0 Å². The summed E-state index contributed by atoms with van der Waals surface area (Å²) in [6.07, 6.45) is 3.27. The molecule has 0 unspecified atom stereocenters. The zero-order valence-corrected chi connectivity index (χ0v) is 7.40. The van der Waals surface area contributed by atoms with E-state index in [0.717, 1.165) is 5.56 Å². The molecule has 0 aromatic heterocycles. The number of aliphatic hydroxyl groups is 1. The summed E-state index contributed by atoms with van der Waals surface area (Å²) in [5.74, 6) is 0.523. The number of methoxy groups -OCH3 is 1. The van der Waals surface area contributed by atoms with Gasteiger partial charge in [0.25, 0.3) is 0 Å². The zero-order chi connectivity index (χ0) is 9.68. The maximum atomic E-state index is 9.37. The van der Waals surface area contributed by atoms with Gasteiger partial charge >= 0.3 is 0 Å². The molecule has 2 N–H and O–H groups in total. The number of ether oxygens (including phenoxy) is 1. The highest BCUT2D eigenvalue weighted by atomic mass is 16.5. The number of aromatic hydroxyl groups is 1. The van der Waals surface area contributed by atoms with E-state index in [1.165, 1.54) is 7.11 Å². The van der Waals surface area contributed by atoms with Crippen LogP contribution in [0.1, 0.15) is 5.56 Å². The van der Waals surface area contributed by atoms with E-state index in [-0.39, 0.29) is 12.4 Å². The van der Waals surface area contributed by atoms with Crippen molar-refractivity contribution in [3.63, 3.8) is 0 Å². The van der Waals surface area contributed by atoms with Crippen LogP contribution in [0.4, 0.5) is 0 Å². The molecule has 0 amide bonds. The summed E-state index contributed by atoms with van der Waals surface area (Å²) in [7, 11) is 1.49. The lowest BCUT2D eigenvalue weighted by Gasteiger charge is -2.05. The average molecular weight is 180 g/mol. The number of benzene rings is 1. The fourth-order valence-corrected chi connectivity index (χ4v) is 1.08. The van der Waals surface area contributed by atoms with Gasteiger partial charge in [0.15, 0.2) is 11.5 Å². The number of hydrogen-bond donors (Lipinski definition) is 2. The molecule has 13 heavy (non-hydrogen) atoms. The minimum atomic E-state index is -0.0290. The van der Waals surface area contributed by atoms with Gasteiger partial charge in [0, 0.05) is 5.56 Å². The number of aliphatic hydroxyl groups excluding tert-OH is 1. The fraction of sp³-hybridized carbons (Fsp3) is 0.200. The van der Waals surface area contributed by atoms with Crippen molar-refractivity contribution in [3.05, 3.63) is 29.8 Å². The third-order valence-corrected chi connectivity index (χ3v) is 1.63. The molecule has 0 atom stereocenters. The van der Waals surface area contributed by atoms with Crippen LogP contribution in [0.2, 0.25) is 0 Å². The first kappa shape index (κ1) is 9.61. The molecule has 1 aromatic rings. The predicted octanol–water partition coefficient (Wildman–Crippen LogP) is 1.41. The molecule has 1 aromatic carbocycles. The lowest BCUT2D eigenvalue weighted by atomic mass is 10.1. The molecule has 0 radical (unpaired) electrons. The maximum Gasteiger partial charge on any atom is 0.167 e. The Labute approximate surface area is 76.9 Å². The zero-order valence-electron chi connectivity index (χ0n) is 7.40. The number of rotatable bonds is 3. The molecular formula is C10H12O3. The van der Waals surface area contributed by atoms with Crippen LogP contribution in [0.25, 0.3) is 6.08 Å². The SMILES string of the molecule is COc1c(O)cccc1C=CCO. The van der Waals surface area contributed by atoms with E-state index in [4.69, 9.17) is 9.84 Å². The van der Waals surface area contributed by atoms with Crippen LogP contribution in [0.3, 0.4) is 0 Å². The summed E-state index contributed by atoms with van der Waals surface area (Å²) in [6, 6.07) is 5.06. The topological polar surface area (TPSA) is 49.7 Å². The minimum Gasteiger partial charge on any atom is -0.504 e. The lowest BCUT2D eigenvalue weighted by Crippen LogP contribution is -1.87. The van der Waals surface area contributed by atoms with Crippen molar-refractivity contribution in [1.29, 1.82) is 0 Å². The minimum absolute atomic E-state index is 0.0290. The summed E-state index contributed by atoms with van der Waals surface area (Å²) >= 11 is 0. The van der Waals surface area contributed by atoms with Crippen LogP contribution in [-0.2, 0) is 0 Å². The summed E-state index contributed by atoms with van der Waals surface area (Å²) in [4.78, 5) is 0. The van der Waals surface area contributed by atoms with Crippen LogP contribution in [0.5, 0.6) is 11.5 Å². The highest BCUT2D eigenvalue weighted by Crippen LogP contribution is 2.30. The van der Waals surface area contributed by atoms with Crippen LogP contribution in [0.15, 0.2) is 24.3 Å². The van der Waals surface area contributed by atoms with Crippen molar-refractivity contribution in [2.75, 3.05) is 13.7 Å². The normalized spacial score (nSPS) is 10.6. The number of phenolic OH excluding ortho intramolecular Hbond substituents is 1. The van der Waals surface area contributed by atoms with Crippen LogP contribution < -0.4 is 4.74 Å². The van der Waals surface area contributed by atoms with Gasteiger partial charge in [-0.25, -0.2) is 0 Å². The monoisotopic (exact) mass is 180 g/mol. The summed E-state index contributed by atoms with van der Waals surface area (Å²) in [5.41, 5.74) is 0.747. The molecule has 3 heteroatoms. The smallest absolute Gasteiger partial charge is 0.167 e. The largest absolute Gasteiger partial charge is 0.504 e. The maximum absolute atomic E-state index is 9.37. The Bertz CT molecular complexity index is 305. The van der Waals surface area contributed by atoms with Gasteiger partial charge in [-0.1, -0.05) is 24.3 Å². The van der Waals surface area contributed by atoms with Gasteiger partial charge < -0.3 is 14.9 Å².